The van der Waals surface area contributed by atoms with E-state index in [9.17, 15) is 39.6 Å². The molecule has 5 aliphatic rings. The summed E-state index contributed by atoms with van der Waals surface area (Å²) in [4.78, 5) is 48.4. The number of rotatable bonds is 16. The monoisotopic (exact) mass is 1310 g/mol. The lowest BCUT2D eigenvalue weighted by Crippen LogP contribution is -2.57. The topological polar surface area (TPSA) is 223 Å². The van der Waals surface area contributed by atoms with Gasteiger partial charge in [0.1, 0.15) is 68.4 Å². The van der Waals surface area contributed by atoms with Crippen molar-refractivity contribution in [3.8, 4) is 46.0 Å². The number of fused-ring (bicyclic) bond motifs is 5. The zero-order valence-electron chi connectivity index (χ0n) is 56.5. The van der Waals surface area contributed by atoms with E-state index in [4.69, 9.17) is 37.9 Å². The van der Waals surface area contributed by atoms with Gasteiger partial charge in [0.15, 0.2) is 26.4 Å². The molecule has 0 aliphatic heterocycles. The molecule has 4 bridgehead atoms. The Hall–Kier alpha value is -9.44. The lowest BCUT2D eigenvalue weighted by Gasteiger charge is -2.61. The molecule has 9 aromatic rings. The number of phenols is 4. The van der Waals surface area contributed by atoms with Crippen LogP contribution < -0.4 is 18.9 Å². The Morgan fingerprint density at radius 1 is 0.406 bits per heavy atom. The highest BCUT2D eigenvalue weighted by Gasteiger charge is 2.59. The van der Waals surface area contributed by atoms with Crippen molar-refractivity contribution in [2.24, 2.45) is 23.2 Å². The minimum atomic E-state index is -0.548. The van der Waals surface area contributed by atoms with Gasteiger partial charge in [0.05, 0.1) is 0 Å². The van der Waals surface area contributed by atoms with Gasteiger partial charge in [0.25, 0.3) is 0 Å². The predicted molar refractivity (Wildman–Crippen MR) is 372 cm³/mol. The number of aromatic hydroxyl groups is 4. The number of hydrogen-bond acceptors (Lipinski definition) is 16. The lowest BCUT2D eigenvalue weighted by molar-refractivity contribution is -0.200. The molecule has 9 aromatic carbocycles. The molecular weight excluding hydrogens is 1220 g/mol. The smallest absolute Gasteiger partial charge is 0.344 e. The summed E-state index contributed by atoms with van der Waals surface area (Å²) in [6.07, 6.45) is 12.7. The van der Waals surface area contributed by atoms with Gasteiger partial charge in [-0.3, -0.25) is 0 Å². The summed E-state index contributed by atoms with van der Waals surface area (Å²) in [5, 5.41) is 47.8. The molecular formula is C80H90O16. The molecule has 0 radical (unpaired) electrons. The van der Waals surface area contributed by atoms with Gasteiger partial charge in [-0.25, -0.2) is 19.2 Å². The highest BCUT2D eigenvalue weighted by Crippen LogP contribution is 2.64. The van der Waals surface area contributed by atoms with Crippen LogP contribution in [0.4, 0.5) is 0 Å². The highest BCUT2D eigenvalue weighted by atomic mass is 16.6. The van der Waals surface area contributed by atoms with Crippen molar-refractivity contribution >= 4 is 77.7 Å². The third kappa shape index (κ3) is 16.8. The second kappa shape index (κ2) is 29.3. The molecule has 16 heteroatoms. The van der Waals surface area contributed by atoms with E-state index in [1.54, 1.807) is 99.6 Å². The van der Waals surface area contributed by atoms with Crippen LogP contribution in [0.5, 0.6) is 46.0 Å². The summed E-state index contributed by atoms with van der Waals surface area (Å²) in [5.74, 6) is 4.02. The van der Waals surface area contributed by atoms with E-state index in [0.717, 1.165) is 82.2 Å². The third-order valence-corrected chi connectivity index (χ3v) is 18.8. The van der Waals surface area contributed by atoms with Crippen LogP contribution in [0, 0.1) is 23.2 Å². The van der Waals surface area contributed by atoms with Gasteiger partial charge in [-0.1, -0.05) is 116 Å². The maximum atomic E-state index is 12.7. The minimum absolute atomic E-state index is 0.115. The maximum Gasteiger partial charge on any atom is 0.344 e. The van der Waals surface area contributed by atoms with Crippen molar-refractivity contribution < 1.29 is 77.5 Å². The molecule has 0 unspecified atom stereocenters. The average molecular weight is 1310 g/mol. The van der Waals surface area contributed by atoms with Gasteiger partial charge in [-0.15, -0.1) is 0 Å². The van der Waals surface area contributed by atoms with Crippen molar-refractivity contribution in [3.63, 3.8) is 0 Å². The Labute approximate surface area is 561 Å². The average Bonchev–Trinajstić information content (AvgIpc) is 0.752. The molecule has 4 N–H and O–H groups in total. The summed E-state index contributed by atoms with van der Waals surface area (Å²) < 4.78 is 44.8. The summed E-state index contributed by atoms with van der Waals surface area (Å²) in [7, 11) is 0. The predicted octanol–water partition coefficient (Wildman–Crippen LogP) is 17.3. The maximum absolute atomic E-state index is 12.7. The lowest BCUT2D eigenvalue weighted by atomic mass is 9.46. The molecule has 96 heavy (non-hydrogen) atoms. The number of hydrogen-bond donors (Lipinski definition) is 4. The van der Waals surface area contributed by atoms with E-state index in [1.165, 1.54) is 38.5 Å². The summed E-state index contributed by atoms with van der Waals surface area (Å²) in [6, 6.07) is 46.9. The molecule has 0 saturated heterocycles. The van der Waals surface area contributed by atoms with Gasteiger partial charge in [-0.2, -0.15) is 0 Å². The van der Waals surface area contributed by atoms with Crippen molar-refractivity contribution in [2.75, 3.05) is 26.4 Å². The van der Waals surface area contributed by atoms with Crippen LogP contribution in [0.15, 0.2) is 158 Å². The molecule has 5 fully saturated rings. The minimum Gasteiger partial charge on any atom is -0.507 e. The first kappa shape index (κ1) is 69.4. The van der Waals surface area contributed by atoms with Crippen molar-refractivity contribution in [1.29, 1.82) is 0 Å². The standard InChI is InChI=1S/C25H30O4.C20H20O4.C19H22O4.C16H18O4/c1-24(2,25-12-16-9-17(13-25)11-18(10-16)14-25)29-23(27)15-28-22-8-4-5-19-20(22)6-3-7-21(19)26;1-20(2,3)24-18(21)12-23-17-10-6-9-15-16(17)11-13-7-4-5-8-14(13)19(15)22;1-2-19(11-3-4-12-19)23-18(21)13-22-17-10-6-7-14-15(17)8-5-9-16(14)20;1-16(2,3)20-15(18)10-19-14-9-5-6-11-12(14)7-4-8-13(11)17/h3-8,16-18,26H,9-15H2,1-2H3;4-11,22H,12H2,1-3H3;5-10,20H,2-4,11-13H2,1H3;4-9,17H,10H2,1-3H3. The van der Waals surface area contributed by atoms with E-state index in [-0.39, 0.29) is 72.4 Å². The zero-order chi connectivity index (χ0) is 68.6. The van der Waals surface area contributed by atoms with E-state index in [1.807, 2.05) is 99.6 Å². The number of ether oxygens (including phenoxy) is 8. The van der Waals surface area contributed by atoms with E-state index < -0.39 is 28.7 Å². The molecule has 16 nitrogen and oxygen atoms in total. The Bertz CT molecular complexity index is 4230. The fraction of sp³-hybridized carbons (Fsp3) is 0.400. The molecule has 0 atom stereocenters. The summed E-state index contributed by atoms with van der Waals surface area (Å²) in [6.45, 7) is 16.6. The van der Waals surface area contributed by atoms with Crippen molar-refractivity contribution in [3.05, 3.63) is 158 Å². The van der Waals surface area contributed by atoms with Crippen LogP contribution in [-0.2, 0) is 38.1 Å². The normalized spacial score (nSPS) is 18.4. The van der Waals surface area contributed by atoms with Crippen LogP contribution in [-0.4, -0.2) is 93.1 Å². The molecule has 0 heterocycles. The summed E-state index contributed by atoms with van der Waals surface area (Å²) >= 11 is 0. The number of phenolic OH excluding ortho intramolecular Hbond substituents is 4. The highest BCUT2D eigenvalue weighted by molar-refractivity contribution is 6.07. The fourth-order valence-electron chi connectivity index (χ4n) is 14.7. The van der Waals surface area contributed by atoms with Gasteiger partial charge in [0.2, 0.25) is 0 Å². The number of carbonyl (C=O) groups is 4. The first-order valence-corrected chi connectivity index (χ1v) is 33.3. The van der Waals surface area contributed by atoms with Gasteiger partial charge in [0, 0.05) is 53.9 Å². The second-order valence-corrected chi connectivity index (χ2v) is 28.4. The van der Waals surface area contributed by atoms with Crippen LogP contribution in [0.25, 0.3) is 53.9 Å². The number of benzene rings is 9. The zero-order valence-corrected chi connectivity index (χ0v) is 56.5. The van der Waals surface area contributed by atoms with E-state index >= 15 is 0 Å². The molecule has 5 aliphatic carbocycles. The summed E-state index contributed by atoms with van der Waals surface area (Å²) in [5.41, 5.74) is -1.72. The molecule has 0 amide bonds. The van der Waals surface area contributed by atoms with Crippen molar-refractivity contribution in [2.45, 2.75) is 155 Å². The van der Waals surface area contributed by atoms with Crippen LogP contribution in [0.2, 0.25) is 0 Å². The van der Waals surface area contributed by atoms with E-state index in [2.05, 4.69) is 20.8 Å². The number of carbonyl (C=O) groups excluding carboxylic acids is 4. The van der Waals surface area contributed by atoms with E-state index in [0.29, 0.717) is 44.5 Å². The Morgan fingerprint density at radius 3 is 1.16 bits per heavy atom. The van der Waals surface area contributed by atoms with Crippen LogP contribution >= 0.6 is 0 Å². The quantitative estimate of drug-likeness (QED) is 0.0401. The molecule has 14 rings (SSSR count). The fourth-order valence-corrected chi connectivity index (χ4v) is 14.7. The first-order valence-electron chi connectivity index (χ1n) is 33.3. The van der Waals surface area contributed by atoms with Crippen molar-refractivity contribution in [1.82, 2.24) is 0 Å². The Kier molecular flexibility index (Phi) is 21.2. The SMILES string of the molecule is CC(C)(C)OC(=O)COc1cccc2c(O)c3ccccc3cc12.CC(C)(C)OC(=O)COc1cccc2c(O)cccc12.CC(C)(OC(=O)COc1cccc2c(O)cccc12)C12CC3CC(CC(C3)C1)C2.CCC1(OC(=O)COc2cccc3c(O)cccc23)CCCC1. The second-order valence-electron chi connectivity index (χ2n) is 28.4. The molecule has 506 valence electrons. The van der Waals surface area contributed by atoms with Gasteiger partial charge >= 0.3 is 23.9 Å². The molecule has 0 spiro atoms. The Balaban J connectivity index is 0.000000141. The first-order chi connectivity index (χ1) is 45.7. The van der Waals surface area contributed by atoms with Crippen LogP contribution in [0.3, 0.4) is 0 Å². The van der Waals surface area contributed by atoms with Crippen LogP contribution in [0.1, 0.15) is 133 Å². The molecule has 0 aromatic heterocycles. The third-order valence-electron chi connectivity index (χ3n) is 18.8. The molecule has 5 saturated carbocycles. The largest absolute Gasteiger partial charge is 0.507 e. The van der Waals surface area contributed by atoms with Gasteiger partial charge in [-0.05, 0) is 198 Å². The Morgan fingerprint density at radius 2 is 0.750 bits per heavy atom. The number of esters is 4. The van der Waals surface area contributed by atoms with Gasteiger partial charge < -0.3 is 58.3 Å².